The number of carboxylic acids is 1. The highest BCUT2D eigenvalue weighted by molar-refractivity contribution is 7.97. The lowest BCUT2D eigenvalue weighted by Crippen LogP contribution is -2.61. The molecule has 8 fully saturated rings. The van der Waals surface area contributed by atoms with E-state index in [4.69, 9.17) is 56.0 Å². The zero-order valence-electron chi connectivity index (χ0n) is 98.8. The average molecular weight is 2130 g/mol. The standard InChI is InChI=1S/C19H17S.C16H26O3.C16H30O2.C14H26O2.C14H22.C10H16O4.C10H18O4.C9H16O3.C7H14O2.C6H12O2.CH4O3S/c1-16-12-14-19(15-13-16)20(17-8-4-2-5-9-17)18-10-6-3-7-11-18;1-4-14(2,3)13(17)19-16-8-11-5-12(9-16)7-15(18,6-11)10-16;1-5-15(3,4)14(17)18-16(6-2)12-10-8-7-9-11-13-16;1-6-13(4,5)12(15)16-14(11(2)3)9-7-8-10-14;1-6-11(2)12-7-9-13(10-8-12)14(3,4)5;1-4-10(2,3)9(12)14-7-5-6-13-8(7)11;1-5-10(3,4)9(12)14-7-8(11)13-6-2;1-4-9(2,3)8(10)12-6-7-5-11-7;1-5-7(2,3)6(8)9-4;1-4-6(2,3)5(7)8;1-5(2,3)4/h2-15H,1H3;11-12,18H,4-10H2,1-3H3;5-13H2,1-4H3;11H,6-10H2,1-5H3;7-11H,6H2,1-5H3;7H,4-6H2,1-3H3;5-7H2,1-4H3;7H,4-6H2,1-3H3;5H2,1-4H3;4H2,1-3H3,(H,7,8);1H3,(H,2,3,4)/q+1;;;;;;;;;;/p-1. The van der Waals surface area contributed by atoms with E-state index in [0.29, 0.717) is 81.9 Å². The zero-order valence-corrected chi connectivity index (χ0v) is 100. The Morgan fingerprint density at radius 1 is 0.483 bits per heavy atom. The molecule has 0 aromatic heterocycles. The highest BCUT2D eigenvalue weighted by atomic mass is 32.2. The topological polar surface area (TPSA) is 364 Å². The smallest absolute Gasteiger partial charge is 0.347 e. The first-order valence-corrected chi connectivity index (χ1v) is 58.1. The fourth-order valence-corrected chi connectivity index (χ4v) is 18.3. The van der Waals surface area contributed by atoms with Gasteiger partial charge in [-0.05, 0) is 349 Å². The van der Waals surface area contributed by atoms with Crippen LogP contribution in [0.3, 0.4) is 0 Å². The summed E-state index contributed by atoms with van der Waals surface area (Å²) in [5.74, 6) is -0.498. The molecule has 4 aromatic carbocycles. The van der Waals surface area contributed by atoms with Crippen LogP contribution in [-0.4, -0.2) is 164 Å². The number of carbonyl (C=O) groups is 10. The van der Waals surface area contributed by atoms with Gasteiger partial charge in [-0.15, -0.1) is 0 Å². The van der Waals surface area contributed by atoms with Gasteiger partial charge in [0, 0.05) is 19.1 Å². The van der Waals surface area contributed by atoms with Crippen LogP contribution in [-0.2, 0) is 122 Å². The molecule has 12 rings (SSSR count). The van der Waals surface area contributed by atoms with E-state index in [2.05, 4.69) is 188 Å². The molecule has 5 atom stereocenters. The maximum Gasteiger partial charge on any atom is 0.347 e. The second-order valence-electron chi connectivity index (χ2n) is 47.9. The van der Waals surface area contributed by atoms with Crippen molar-refractivity contribution in [1.29, 1.82) is 0 Å². The fraction of sp³-hybridized carbons (Fsp3) is 0.721. The van der Waals surface area contributed by atoms with Crippen molar-refractivity contribution >= 4 is 80.7 Å². The lowest BCUT2D eigenvalue weighted by molar-refractivity contribution is -0.225. The van der Waals surface area contributed by atoms with Crippen molar-refractivity contribution in [2.45, 2.75) is 476 Å². The van der Waals surface area contributed by atoms with Crippen LogP contribution in [0.1, 0.15) is 431 Å². The Bertz CT molecular complexity index is 4690. The molecule has 27 heteroatoms. The summed E-state index contributed by atoms with van der Waals surface area (Å²) in [6.07, 6.45) is 27.4. The zero-order chi connectivity index (χ0) is 114. The number of rotatable bonds is 32. The van der Waals surface area contributed by atoms with Crippen molar-refractivity contribution in [2.75, 3.05) is 46.4 Å². The van der Waals surface area contributed by atoms with E-state index in [0.717, 1.165) is 96.5 Å². The quantitative estimate of drug-likeness (QED) is 0.0151. The van der Waals surface area contributed by atoms with E-state index in [9.17, 15) is 53.1 Å². The van der Waals surface area contributed by atoms with Gasteiger partial charge < -0.3 is 62.1 Å². The number of ether oxygens (including phenoxy) is 10. The third-order valence-electron chi connectivity index (χ3n) is 30.7. The number of hydrogen-bond donors (Lipinski definition) is 2. The van der Waals surface area contributed by atoms with E-state index >= 15 is 0 Å². The average Bonchev–Trinajstić information content (AvgIpc) is 1.68. The summed E-state index contributed by atoms with van der Waals surface area (Å²) in [7, 11) is -2.52. The van der Waals surface area contributed by atoms with Gasteiger partial charge in [-0.2, -0.15) is 0 Å². The number of carboxylic acid groups (broad SMARTS) is 1. The minimum Gasteiger partial charge on any atom is -0.748 e. The summed E-state index contributed by atoms with van der Waals surface area (Å²) in [5, 5.41) is 19.1. The van der Waals surface area contributed by atoms with Crippen molar-refractivity contribution in [1.82, 2.24) is 0 Å². The van der Waals surface area contributed by atoms with Gasteiger partial charge in [0.2, 0.25) is 6.10 Å². The monoisotopic (exact) mass is 2130 g/mol. The Hall–Kier alpha value is -8.24. The molecule has 4 bridgehead atoms. The molecule has 6 aliphatic carbocycles. The Balaban J connectivity index is 0.000000831. The summed E-state index contributed by atoms with van der Waals surface area (Å²) >= 11 is 0. The van der Waals surface area contributed by atoms with Gasteiger partial charge in [-0.25, -0.2) is 18.0 Å². The first-order valence-electron chi connectivity index (χ1n) is 55.0. The van der Waals surface area contributed by atoms with Crippen molar-refractivity contribution < 1.29 is 118 Å². The summed E-state index contributed by atoms with van der Waals surface area (Å²) in [5.41, 5.74) is -0.173. The number of aliphatic hydroxyl groups is 1. The number of epoxide rings is 1. The van der Waals surface area contributed by atoms with Crippen molar-refractivity contribution in [3.05, 3.63) is 126 Å². The molecule has 25 nitrogen and oxygen atoms in total. The largest absolute Gasteiger partial charge is 0.748 e. The molecule has 8 aliphatic rings. The molecule has 2 N–H and O–H groups in total. The number of hydrogen-bond acceptors (Lipinski definition) is 24. The van der Waals surface area contributed by atoms with E-state index in [-0.39, 0.29) is 109 Å². The summed E-state index contributed by atoms with van der Waals surface area (Å²) < 4.78 is 78.8. The van der Waals surface area contributed by atoms with Crippen molar-refractivity contribution in [3.63, 3.8) is 0 Å². The molecule has 0 radical (unpaired) electrons. The summed E-state index contributed by atoms with van der Waals surface area (Å²) in [6.45, 7) is 68.8. The Labute approximate surface area is 902 Å². The molecule has 2 saturated heterocycles. The van der Waals surface area contributed by atoms with E-state index in [1.54, 1.807) is 48.5 Å². The molecule has 6 saturated carbocycles. The molecular weight excluding hydrogens is 1930 g/mol. The first kappa shape index (κ1) is 139. The van der Waals surface area contributed by atoms with Crippen molar-refractivity contribution in [2.24, 2.45) is 61.1 Å². The van der Waals surface area contributed by atoms with Crippen LogP contribution in [0.5, 0.6) is 0 Å². The van der Waals surface area contributed by atoms with Crippen molar-refractivity contribution in [3.8, 4) is 0 Å². The number of esters is 9. The predicted molar refractivity (Wildman–Crippen MR) is 594 cm³/mol. The number of aliphatic carboxylic acids is 1. The lowest BCUT2D eigenvalue weighted by atomic mass is 9.52. The van der Waals surface area contributed by atoms with E-state index in [1.165, 1.54) is 96.3 Å². The van der Waals surface area contributed by atoms with Gasteiger partial charge in [0.05, 0.1) is 96.9 Å². The molecular formula is C122H200O25S2. The highest BCUT2D eigenvalue weighted by Gasteiger charge is 2.60. The normalized spacial score (nSPS) is 19.6. The van der Waals surface area contributed by atoms with Gasteiger partial charge in [0.25, 0.3) is 0 Å². The van der Waals surface area contributed by atoms with E-state index in [1.807, 2.05) is 118 Å². The maximum atomic E-state index is 12.4. The van der Waals surface area contributed by atoms with Gasteiger partial charge >= 0.3 is 59.7 Å². The second-order valence-corrected chi connectivity index (χ2v) is 51.3. The number of cyclic esters (lactones) is 1. The first-order chi connectivity index (χ1) is 68.9. The molecule has 2 aliphatic heterocycles. The third-order valence-corrected chi connectivity index (χ3v) is 33.0. The molecule has 0 amide bonds. The number of benzene rings is 4. The molecule has 4 aromatic rings. The highest BCUT2D eigenvalue weighted by Crippen LogP contribution is 2.59. The predicted octanol–water partition coefficient (Wildman–Crippen LogP) is 27.9. The SMILES string of the molecule is CCC(C)(C)C(=O)O.CCC(C)(C)C(=O)OC.CCC(C)(C)C(=O)OC1(C(C)C)CCCC1.CCC(C)(C)C(=O)OC12CC3CC(CC(O)(C3)C1)C2.CCC(C)(C)C(=O)OC1CCOC1=O.CCC(C)(C)C(=O)OCC1CO1.CCC(C)c1ccc(C(C)(C)C)cc1.CCC1(OC(=O)C(C)(C)CC)CCCCCCC1.CCOC(=O)COC(=O)C(C)(C)CC.CS(=O)(=O)[O-].Cc1ccc([S+](c2ccccc2)c2ccccc2)cc1. The minimum absolute atomic E-state index is 0.00702. The Kier molecular flexibility index (Phi) is 59.2. The van der Waals surface area contributed by atoms with Crippen LogP contribution in [0.2, 0.25) is 0 Å². The van der Waals surface area contributed by atoms with Crippen LogP contribution in [0.4, 0.5) is 0 Å². The van der Waals surface area contributed by atoms with Gasteiger partial charge in [-0.3, -0.25) is 38.4 Å². The van der Waals surface area contributed by atoms with Gasteiger partial charge in [0.15, 0.2) is 21.3 Å². The van der Waals surface area contributed by atoms with Crippen LogP contribution in [0, 0.1) is 68.0 Å². The Morgan fingerprint density at radius 3 is 1.21 bits per heavy atom. The van der Waals surface area contributed by atoms with E-state index < -0.39 is 61.4 Å². The third kappa shape index (κ3) is 49.8. The maximum absolute atomic E-state index is 12.4. The number of carbonyl (C=O) groups excluding carboxylic acids is 9. The molecule has 850 valence electrons. The molecule has 149 heavy (non-hydrogen) atoms. The van der Waals surface area contributed by atoms with Crippen LogP contribution < -0.4 is 0 Å². The summed E-state index contributed by atoms with van der Waals surface area (Å²) in [4.78, 5) is 118. The Morgan fingerprint density at radius 2 is 0.866 bits per heavy atom. The minimum atomic E-state index is -3.92. The fourth-order valence-electron chi connectivity index (χ4n) is 16.2. The second kappa shape index (κ2) is 63.6. The molecule has 2 heterocycles. The van der Waals surface area contributed by atoms with Gasteiger partial charge in [-0.1, -0.05) is 208 Å². The number of aryl methyl sites for hydroxylation is 1. The van der Waals surface area contributed by atoms with Crippen LogP contribution in [0.25, 0.3) is 0 Å². The van der Waals surface area contributed by atoms with Gasteiger partial charge in [0.1, 0.15) is 29.5 Å². The van der Waals surface area contributed by atoms with Crippen LogP contribution >= 0.6 is 0 Å². The molecule has 5 unspecified atom stereocenters. The number of methoxy groups -OCH3 is 1. The van der Waals surface area contributed by atoms with Crippen LogP contribution in [0.15, 0.2) is 124 Å². The lowest BCUT2D eigenvalue weighted by Gasteiger charge is -2.59. The summed E-state index contributed by atoms with van der Waals surface area (Å²) in [6, 6.07) is 39.5. The molecule has 0 spiro atoms.